The number of anilines is 1. The summed E-state index contributed by atoms with van der Waals surface area (Å²) >= 11 is 1.73. The zero-order valence-corrected chi connectivity index (χ0v) is 18.4. The average Bonchev–Trinajstić information content (AvgIpc) is 3.52. The highest BCUT2D eigenvalue weighted by Crippen LogP contribution is 2.35. The molecule has 0 aliphatic carbocycles. The van der Waals surface area contributed by atoms with Crippen LogP contribution in [0.5, 0.6) is 11.5 Å². The van der Waals surface area contributed by atoms with Crippen LogP contribution in [0.4, 0.5) is 5.82 Å². The van der Waals surface area contributed by atoms with Gasteiger partial charge in [0.1, 0.15) is 23.9 Å². The monoisotopic (exact) mass is 446 g/mol. The van der Waals surface area contributed by atoms with E-state index in [0.717, 1.165) is 42.2 Å². The standard InChI is InChI=1S/C21H26N4O5S/c1-28-15-6-13(7-16(8-15)29-2)21(27)23-20-17-11-31-12-18(17)24-25(20)10-19(26)22-9-14-4-3-5-30-14/h6-8,14H,3-5,9-12H2,1-2H3,(H,22,26)(H,23,27). The molecule has 2 aromatic rings. The number of nitrogens with zero attached hydrogens (tertiary/aromatic N) is 2. The highest BCUT2D eigenvalue weighted by molar-refractivity contribution is 7.98. The van der Waals surface area contributed by atoms with Crippen molar-refractivity contribution in [1.29, 1.82) is 0 Å². The first-order chi connectivity index (χ1) is 15.1. The van der Waals surface area contributed by atoms with Gasteiger partial charge in [0, 0.05) is 41.9 Å². The molecule has 2 aliphatic heterocycles. The quantitative estimate of drug-likeness (QED) is 0.641. The van der Waals surface area contributed by atoms with Crippen LogP contribution in [-0.4, -0.2) is 55.1 Å². The number of methoxy groups -OCH3 is 2. The fraction of sp³-hybridized carbons (Fsp3) is 0.476. The number of thioether (sulfide) groups is 1. The van der Waals surface area contributed by atoms with Crippen molar-refractivity contribution in [3.8, 4) is 11.5 Å². The van der Waals surface area contributed by atoms with Crippen LogP contribution in [0, 0.1) is 0 Å². The molecule has 9 nitrogen and oxygen atoms in total. The van der Waals surface area contributed by atoms with Crippen molar-refractivity contribution >= 4 is 29.4 Å². The zero-order chi connectivity index (χ0) is 21.8. The maximum absolute atomic E-state index is 13.0. The number of ether oxygens (including phenoxy) is 3. The van der Waals surface area contributed by atoms with Crippen LogP contribution in [0.25, 0.3) is 0 Å². The second-order valence-corrected chi connectivity index (χ2v) is 8.40. The van der Waals surface area contributed by atoms with E-state index in [2.05, 4.69) is 15.7 Å². The van der Waals surface area contributed by atoms with Crippen LogP contribution < -0.4 is 20.1 Å². The summed E-state index contributed by atoms with van der Waals surface area (Å²) in [6, 6.07) is 4.98. The van der Waals surface area contributed by atoms with Crippen LogP contribution in [0.2, 0.25) is 0 Å². The number of nitrogens with one attached hydrogen (secondary N) is 2. The number of hydrogen-bond acceptors (Lipinski definition) is 7. The summed E-state index contributed by atoms with van der Waals surface area (Å²) in [7, 11) is 3.07. The molecule has 2 N–H and O–H groups in total. The summed E-state index contributed by atoms with van der Waals surface area (Å²) in [5.41, 5.74) is 2.25. The number of aromatic nitrogens is 2. The van der Waals surface area contributed by atoms with Gasteiger partial charge in [0.25, 0.3) is 5.91 Å². The molecule has 1 aromatic heterocycles. The van der Waals surface area contributed by atoms with Crippen molar-refractivity contribution < 1.29 is 23.8 Å². The van der Waals surface area contributed by atoms with E-state index in [0.29, 0.717) is 29.4 Å². The summed E-state index contributed by atoms with van der Waals surface area (Å²) in [4.78, 5) is 25.5. The number of rotatable bonds is 8. The molecule has 166 valence electrons. The zero-order valence-electron chi connectivity index (χ0n) is 17.6. The molecule has 3 heterocycles. The number of amides is 2. The summed E-state index contributed by atoms with van der Waals surface area (Å²) < 4.78 is 17.6. The lowest BCUT2D eigenvalue weighted by atomic mass is 10.2. The van der Waals surface area contributed by atoms with Gasteiger partial charge in [0.15, 0.2) is 0 Å². The van der Waals surface area contributed by atoms with Crippen molar-refractivity contribution in [2.75, 3.05) is 32.7 Å². The Morgan fingerprint density at radius 1 is 1.23 bits per heavy atom. The first-order valence-electron chi connectivity index (χ1n) is 10.2. The molecule has 1 aromatic carbocycles. The Hall–Kier alpha value is -2.72. The Bertz CT molecular complexity index is 949. The van der Waals surface area contributed by atoms with Gasteiger partial charge in [-0.2, -0.15) is 16.9 Å². The Labute approximate surface area is 184 Å². The van der Waals surface area contributed by atoms with Crippen molar-refractivity contribution in [2.24, 2.45) is 0 Å². The van der Waals surface area contributed by atoms with E-state index in [4.69, 9.17) is 14.2 Å². The first-order valence-corrected chi connectivity index (χ1v) is 11.3. The summed E-state index contributed by atoms with van der Waals surface area (Å²) in [6.45, 7) is 1.26. The third-order valence-corrected chi connectivity index (χ3v) is 6.28. The van der Waals surface area contributed by atoms with E-state index < -0.39 is 0 Å². The maximum atomic E-state index is 13.0. The van der Waals surface area contributed by atoms with Gasteiger partial charge in [-0.05, 0) is 25.0 Å². The van der Waals surface area contributed by atoms with Gasteiger partial charge >= 0.3 is 0 Å². The molecule has 10 heteroatoms. The second-order valence-electron chi connectivity index (χ2n) is 7.42. The number of carbonyl (C=O) groups excluding carboxylic acids is 2. The SMILES string of the molecule is COc1cc(OC)cc(C(=O)Nc2c3c(nn2CC(=O)NCC2CCCO2)CSC3)c1. The topological polar surface area (TPSA) is 104 Å². The third-order valence-electron chi connectivity index (χ3n) is 5.31. The highest BCUT2D eigenvalue weighted by atomic mass is 32.2. The van der Waals surface area contributed by atoms with Gasteiger partial charge in [0.2, 0.25) is 5.91 Å². The average molecular weight is 447 g/mol. The lowest BCUT2D eigenvalue weighted by Gasteiger charge is -2.14. The van der Waals surface area contributed by atoms with Crippen molar-refractivity contribution in [3.05, 3.63) is 35.0 Å². The molecule has 1 atom stereocenters. The van der Waals surface area contributed by atoms with E-state index in [1.165, 1.54) is 14.2 Å². The first kappa shape index (κ1) is 21.5. The molecular formula is C21H26N4O5S. The number of carbonyl (C=O) groups is 2. The van der Waals surface area contributed by atoms with E-state index in [1.54, 1.807) is 34.6 Å². The van der Waals surface area contributed by atoms with Gasteiger partial charge in [-0.3, -0.25) is 9.59 Å². The smallest absolute Gasteiger partial charge is 0.257 e. The van der Waals surface area contributed by atoms with Crippen LogP contribution in [0.1, 0.15) is 34.5 Å². The predicted molar refractivity (Wildman–Crippen MR) is 117 cm³/mol. The molecule has 4 rings (SSSR count). The van der Waals surface area contributed by atoms with E-state index in [9.17, 15) is 9.59 Å². The minimum absolute atomic E-state index is 0.0292. The lowest BCUT2D eigenvalue weighted by Crippen LogP contribution is -2.34. The third kappa shape index (κ3) is 4.96. The van der Waals surface area contributed by atoms with Crippen LogP contribution in [0.3, 0.4) is 0 Å². The van der Waals surface area contributed by atoms with Gasteiger partial charge < -0.3 is 24.8 Å². The Morgan fingerprint density at radius 2 is 2.00 bits per heavy atom. The molecule has 0 spiro atoms. The molecular weight excluding hydrogens is 420 g/mol. The van der Waals surface area contributed by atoms with E-state index in [1.807, 2.05) is 0 Å². The van der Waals surface area contributed by atoms with Crippen LogP contribution in [0.15, 0.2) is 18.2 Å². The predicted octanol–water partition coefficient (Wildman–Crippen LogP) is 2.19. The van der Waals surface area contributed by atoms with Gasteiger partial charge in [-0.25, -0.2) is 4.68 Å². The molecule has 31 heavy (non-hydrogen) atoms. The Morgan fingerprint density at radius 3 is 2.68 bits per heavy atom. The maximum Gasteiger partial charge on any atom is 0.257 e. The molecule has 2 amide bonds. The molecule has 1 unspecified atom stereocenters. The van der Waals surface area contributed by atoms with Crippen molar-refractivity contribution in [2.45, 2.75) is 37.0 Å². The Balaban J connectivity index is 1.50. The molecule has 0 bridgehead atoms. The normalized spacial score (nSPS) is 17.3. The number of hydrogen-bond donors (Lipinski definition) is 2. The number of fused-ring (bicyclic) bond motifs is 1. The fourth-order valence-corrected chi connectivity index (χ4v) is 4.70. The highest BCUT2D eigenvalue weighted by Gasteiger charge is 2.26. The van der Waals surface area contributed by atoms with Gasteiger partial charge in [-0.15, -0.1) is 0 Å². The van der Waals surface area contributed by atoms with Gasteiger partial charge in [-0.1, -0.05) is 0 Å². The lowest BCUT2D eigenvalue weighted by molar-refractivity contribution is -0.122. The van der Waals surface area contributed by atoms with E-state index in [-0.39, 0.29) is 24.5 Å². The molecule has 1 fully saturated rings. The van der Waals surface area contributed by atoms with Crippen LogP contribution in [-0.2, 0) is 27.6 Å². The van der Waals surface area contributed by atoms with Gasteiger partial charge in [0.05, 0.1) is 26.0 Å². The van der Waals surface area contributed by atoms with Crippen molar-refractivity contribution in [1.82, 2.24) is 15.1 Å². The molecule has 0 saturated carbocycles. The number of benzene rings is 1. The second kappa shape index (κ2) is 9.61. The molecule has 0 radical (unpaired) electrons. The summed E-state index contributed by atoms with van der Waals surface area (Å²) in [6.07, 6.45) is 2.05. The summed E-state index contributed by atoms with van der Waals surface area (Å²) in [5.74, 6) is 2.61. The van der Waals surface area contributed by atoms with Crippen molar-refractivity contribution in [3.63, 3.8) is 0 Å². The largest absolute Gasteiger partial charge is 0.497 e. The minimum atomic E-state index is -0.321. The fourth-order valence-electron chi connectivity index (χ4n) is 3.66. The Kier molecular flexibility index (Phi) is 6.67. The summed E-state index contributed by atoms with van der Waals surface area (Å²) in [5, 5.41) is 10.4. The van der Waals surface area contributed by atoms with Crippen LogP contribution >= 0.6 is 11.8 Å². The van der Waals surface area contributed by atoms with E-state index >= 15 is 0 Å². The molecule has 2 aliphatic rings. The molecule has 1 saturated heterocycles. The minimum Gasteiger partial charge on any atom is -0.497 e.